The van der Waals surface area contributed by atoms with Crippen molar-refractivity contribution in [1.82, 2.24) is 15.3 Å². The first kappa shape index (κ1) is 10.4. The van der Waals surface area contributed by atoms with Crippen LogP contribution in [0.1, 0.15) is 21.8 Å². The summed E-state index contributed by atoms with van der Waals surface area (Å²) in [6.45, 7) is 1.11. The number of aromatic nitrogens is 2. The van der Waals surface area contributed by atoms with Crippen LogP contribution in [0.5, 0.6) is 0 Å². The van der Waals surface area contributed by atoms with Gasteiger partial charge in [-0.1, -0.05) is 0 Å². The molecule has 0 fully saturated rings. The average Bonchev–Trinajstić information content (AvgIpc) is 2.87. The molecule has 0 aliphatic rings. The number of carboxylic acid groups (broad SMARTS) is 1. The van der Waals surface area contributed by atoms with Crippen molar-refractivity contribution in [2.75, 3.05) is 0 Å². The number of nitrogens with one attached hydrogen (secondary N) is 2. The van der Waals surface area contributed by atoms with Crippen molar-refractivity contribution in [3.05, 3.63) is 41.9 Å². The molecular formula is C10H11N3O3. The highest BCUT2D eigenvalue weighted by Crippen LogP contribution is 2.07. The van der Waals surface area contributed by atoms with Gasteiger partial charge in [0.25, 0.3) is 0 Å². The van der Waals surface area contributed by atoms with E-state index in [-0.39, 0.29) is 5.56 Å². The third kappa shape index (κ3) is 2.48. The molecule has 6 nitrogen and oxygen atoms in total. The molecule has 0 amide bonds. The maximum Gasteiger partial charge on any atom is 0.338 e. The molecule has 84 valence electrons. The molecular weight excluding hydrogens is 210 g/mol. The highest BCUT2D eigenvalue weighted by atomic mass is 16.4. The third-order valence-corrected chi connectivity index (χ3v) is 2.07. The van der Waals surface area contributed by atoms with Crippen LogP contribution < -0.4 is 5.32 Å². The fourth-order valence-corrected chi connectivity index (χ4v) is 1.29. The molecule has 2 heterocycles. The minimum atomic E-state index is -0.983. The van der Waals surface area contributed by atoms with Crippen molar-refractivity contribution < 1.29 is 14.3 Å². The topological polar surface area (TPSA) is 91.2 Å². The van der Waals surface area contributed by atoms with E-state index in [4.69, 9.17) is 9.52 Å². The first-order valence-corrected chi connectivity index (χ1v) is 4.74. The molecule has 0 atom stereocenters. The van der Waals surface area contributed by atoms with Crippen molar-refractivity contribution in [2.24, 2.45) is 0 Å². The van der Waals surface area contributed by atoms with Gasteiger partial charge in [-0.3, -0.25) is 0 Å². The van der Waals surface area contributed by atoms with E-state index in [1.165, 1.54) is 12.3 Å². The Morgan fingerprint density at radius 1 is 1.56 bits per heavy atom. The Morgan fingerprint density at radius 2 is 2.44 bits per heavy atom. The number of carbonyl (C=O) groups is 1. The van der Waals surface area contributed by atoms with Crippen LogP contribution in [0.4, 0.5) is 0 Å². The van der Waals surface area contributed by atoms with Crippen molar-refractivity contribution >= 4 is 5.97 Å². The van der Waals surface area contributed by atoms with Crippen LogP contribution in [0.25, 0.3) is 0 Å². The molecule has 0 saturated heterocycles. The Hall–Kier alpha value is -2.08. The Bertz CT molecular complexity index is 461. The summed E-state index contributed by atoms with van der Waals surface area (Å²) in [6.07, 6.45) is 4.56. The van der Waals surface area contributed by atoms with Crippen LogP contribution in [0.2, 0.25) is 0 Å². The molecule has 0 aromatic carbocycles. The molecule has 0 saturated carbocycles. The maximum atomic E-state index is 10.6. The molecule has 0 unspecified atom stereocenters. The van der Waals surface area contributed by atoms with Gasteiger partial charge in [0.1, 0.15) is 12.0 Å². The maximum absolute atomic E-state index is 10.6. The third-order valence-electron chi connectivity index (χ3n) is 2.07. The smallest absolute Gasteiger partial charge is 0.338 e. The first-order valence-electron chi connectivity index (χ1n) is 4.74. The van der Waals surface area contributed by atoms with Crippen molar-refractivity contribution in [1.29, 1.82) is 0 Å². The Labute approximate surface area is 91.3 Å². The van der Waals surface area contributed by atoms with E-state index < -0.39 is 5.97 Å². The van der Waals surface area contributed by atoms with Crippen molar-refractivity contribution in [2.45, 2.75) is 13.1 Å². The average molecular weight is 221 g/mol. The summed E-state index contributed by atoms with van der Waals surface area (Å²) in [6, 6.07) is 1.50. The van der Waals surface area contributed by atoms with Crippen molar-refractivity contribution in [3.8, 4) is 0 Å². The number of H-pyrrole nitrogens is 1. The molecule has 0 aliphatic carbocycles. The normalized spacial score (nSPS) is 10.5. The first-order chi connectivity index (χ1) is 7.75. The predicted octanol–water partition coefficient (Wildman–Crippen LogP) is 0.991. The molecule has 2 rings (SSSR count). The van der Waals surface area contributed by atoms with Gasteiger partial charge < -0.3 is 19.8 Å². The minimum absolute atomic E-state index is 0.165. The lowest BCUT2D eigenvalue weighted by Crippen LogP contribution is -2.12. The fraction of sp³-hybridized carbons (Fsp3) is 0.200. The highest BCUT2D eigenvalue weighted by Gasteiger charge is 2.07. The van der Waals surface area contributed by atoms with Crippen LogP contribution in [-0.2, 0) is 13.1 Å². The van der Waals surface area contributed by atoms with Crippen molar-refractivity contribution in [3.63, 3.8) is 0 Å². The number of carboxylic acids is 1. The lowest BCUT2D eigenvalue weighted by atomic mass is 10.3. The fourth-order valence-electron chi connectivity index (χ4n) is 1.29. The number of nitrogens with zero attached hydrogens (tertiary/aromatic N) is 1. The lowest BCUT2D eigenvalue weighted by molar-refractivity contribution is 0.0696. The molecule has 0 aliphatic heterocycles. The quantitative estimate of drug-likeness (QED) is 0.700. The molecule has 3 N–H and O–H groups in total. The zero-order chi connectivity index (χ0) is 11.4. The Kier molecular flexibility index (Phi) is 3.02. The number of aromatic amines is 1. The molecule has 6 heteroatoms. The van der Waals surface area contributed by atoms with Gasteiger partial charge in [-0.05, 0) is 6.07 Å². The second-order valence-corrected chi connectivity index (χ2v) is 3.29. The SMILES string of the molecule is O=C(O)c1coc(CNCc2cnc[nH]2)c1. The summed E-state index contributed by atoms with van der Waals surface area (Å²) < 4.78 is 5.08. The van der Waals surface area contributed by atoms with E-state index in [0.29, 0.717) is 18.8 Å². The number of furan rings is 1. The standard InChI is InChI=1S/C10H11N3O3/c14-10(15)7-1-9(16-5-7)4-11-2-8-3-12-6-13-8/h1,3,5-6,11H,2,4H2,(H,12,13)(H,14,15). The molecule has 2 aromatic rings. The lowest BCUT2D eigenvalue weighted by Gasteiger charge is -1.98. The predicted molar refractivity (Wildman–Crippen MR) is 54.8 cm³/mol. The van der Waals surface area contributed by atoms with Gasteiger partial charge in [0.2, 0.25) is 0 Å². The summed E-state index contributed by atoms with van der Waals surface area (Å²) in [5.74, 6) is -0.388. The van der Waals surface area contributed by atoms with E-state index in [2.05, 4.69) is 15.3 Å². The van der Waals surface area contributed by atoms with E-state index in [1.54, 1.807) is 12.5 Å². The Morgan fingerprint density at radius 3 is 3.06 bits per heavy atom. The van der Waals surface area contributed by atoms with Gasteiger partial charge in [0.15, 0.2) is 0 Å². The van der Waals surface area contributed by atoms with Crippen LogP contribution in [-0.4, -0.2) is 21.0 Å². The number of aromatic carboxylic acids is 1. The number of imidazole rings is 1. The molecule has 16 heavy (non-hydrogen) atoms. The van der Waals surface area contributed by atoms with E-state index >= 15 is 0 Å². The van der Waals surface area contributed by atoms with E-state index in [0.717, 1.165) is 5.69 Å². The Balaban J connectivity index is 1.83. The van der Waals surface area contributed by atoms with Crippen LogP contribution >= 0.6 is 0 Å². The van der Waals surface area contributed by atoms with Crippen LogP contribution in [0.3, 0.4) is 0 Å². The van der Waals surface area contributed by atoms with E-state index in [1.807, 2.05) is 0 Å². The summed E-state index contributed by atoms with van der Waals surface area (Å²) in [7, 11) is 0. The van der Waals surface area contributed by atoms with Crippen LogP contribution in [0.15, 0.2) is 29.3 Å². The highest BCUT2D eigenvalue weighted by molar-refractivity contribution is 5.87. The van der Waals surface area contributed by atoms with Gasteiger partial charge in [0.05, 0.1) is 18.4 Å². The number of hydrogen-bond acceptors (Lipinski definition) is 4. The monoisotopic (exact) mass is 221 g/mol. The van der Waals surface area contributed by atoms with Gasteiger partial charge in [-0.15, -0.1) is 0 Å². The molecule has 0 radical (unpaired) electrons. The molecule has 0 spiro atoms. The zero-order valence-electron chi connectivity index (χ0n) is 8.43. The van der Waals surface area contributed by atoms with Gasteiger partial charge in [0, 0.05) is 18.4 Å². The van der Waals surface area contributed by atoms with Gasteiger partial charge >= 0.3 is 5.97 Å². The summed E-state index contributed by atoms with van der Waals surface area (Å²) in [4.78, 5) is 17.4. The van der Waals surface area contributed by atoms with Gasteiger partial charge in [-0.25, -0.2) is 9.78 Å². The summed E-state index contributed by atoms with van der Waals surface area (Å²) >= 11 is 0. The summed E-state index contributed by atoms with van der Waals surface area (Å²) in [5.41, 5.74) is 1.13. The van der Waals surface area contributed by atoms with E-state index in [9.17, 15) is 4.79 Å². The van der Waals surface area contributed by atoms with Crippen LogP contribution in [0, 0.1) is 0 Å². The molecule has 0 bridgehead atoms. The number of rotatable bonds is 5. The largest absolute Gasteiger partial charge is 0.478 e. The number of hydrogen-bond donors (Lipinski definition) is 3. The second kappa shape index (κ2) is 4.63. The zero-order valence-corrected chi connectivity index (χ0v) is 8.43. The minimum Gasteiger partial charge on any atom is -0.478 e. The second-order valence-electron chi connectivity index (χ2n) is 3.29. The molecule has 2 aromatic heterocycles. The van der Waals surface area contributed by atoms with Gasteiger partial charge in [-0.2, -0.15) is 0 Å². The summed E-state index contributed by atoms with van der Waals surface area (Å²) in [5, 5.41) is 11.8.